The van der Waals surface area contributed by atoms with Crippen molar-refractivity contribution in [2.24, 2.45) is 0 Å². The Balaban J connectivity index is 2.26. The van der Waals surface area contributed by atoms with Gasteiger partial charge in [-0.15, -0.1) is 0 Å². The summed E-state index contributed by atoms with van der Waals surface area (Å²) in [6.07, 6.45) is 0. The van der Waals surface area contributed by atoms with Gasteiger partial charge in [0.15, 0.2) is 0 Å². The molecule has 0 bridgehead atoms. The molecule has 0 aliphatic heterocycles. The first kappa shape index (κ1) is 14.2. The number of carbonyl (C=O) groups is 1. The summed E-state index contributed by atoms with van der Waals surface area (Å²) in [5.74, 6) is -0.677. The van der Waals surface area contributed by atoms with Gasteiger partial charge in [0.1, 0.15) is 5.82 Å². The molecule has 0 saturated heterocycles. The second-order valence-electron chi connectivity index (χ2n) is 4.00. The minimum atomic E-state index is -0.413. The highest BCUT2D eigenvalue weighted by Crippen LogP contribution is 2.22. The first-order chi connectivity index (χ1) is 8.99. The first-order valence-electron chi connectivity index (χ1n) is 5.50. The molecule has 0 aliphatic carbocycles. The summed E-state index contributed by atoms with van der Waals surface area (Å²) in [7, 11) is 0. The lowest BCUT2D eigenvalue weighted by molar-refractivity contribution is 0.102. The average molecular weight is 387 g/mol. The number of amides is 1. The lowest BCUT2D eigenvalue weighted by atomic mass is 10.1. The van der Waals surface area contributed by atoms with E-state index in [-0.39, 0.29) is 5.91 Å². The number of hydrogen-bond acceptors (Lipinski definition) is 1. The van der Waals surface area contributed by atoms with Crippen molar-refractivity contribution in [2.45, 2.75) is 6.92 Å². The second-order valence-corrected chi connectivity index (χ2v) is 5.70. The number of halogens is 3. The zero-order chi connectivity index (χ0) is 14.0. The predicted molar refractivity (Wildman–Crippen MR) is 80.9 cm³/mol. The maximum Gasteiger partial charge on any atom is 0.255 e. The van der Waals surface area contributed by atoms with E-state index in [1.807, 2.05) is 13.0 Å². The highest BCUT2D eigenvalue weighted by atomic mass is 79.9. The van der Waals surface area contributed by atoms with Crippen LogP contribution in [0.4, 0.5) is 10.1 Å². The van der Waals surface area contributed by atoms with Gasteiger partial charge in [0, 0.05) is 15.7 Å². The Kier molecular flexibility index (Phi) is 4.37. The Hall–Kier alpha value is -1.20. The van der Waals surface area contributed by atoms with Crippen molar-refractivity contribution in [1.82, 2.24) is 0 Å². The van der Waals surface area contributed by atoms with Gasteiger partial charge in [-0.3, -0.25) is 4.79 Å². The maximum absolute atomic E-state index is 13.4. The number of hydrogen-bond donors (Lipinski definition) is 1. The van der Waals surface area contributed by atoms with Crippen LogP contribution in [0.15, 0.2) is 45.3 Å². The van der Waals surface area contributed by atoms with Gasteiger partial charge in [-0.1, -0.05) is 22.0 Å². The predicted octanol–water partition coefficient (Wildman–Crippen LogP) is 4.91. The highest BCUT2D eigenvalue weighted by Gasteiger charge is 2.11. The SMILES string of the molecule is Cc1c(Br)cccc1C(=O)Nc1ccc(Br)c(F)c1. The van der Waals surface area contributed by atoms with E-state index < -0.39 is 5.82 Å². The van der Waals surface area contributed by atoms with Crippen LogP contribution in [-0.2, 0) is 0 Å². The topological polar surface area (TPSA) is 29.1 Å². The van der Waals surface area contributed by atoms with Crippen LogP contribution in [0.5, 0.6) is 0 Å². The largest absolute Gasteiger partial charge is 0.322 e. The third kappa shape index (κ3) is 3.22. The van der Waals surface area contributed by atoms with E-state index in [0.717, 1.165) is 10.0 Å². The van der Waals surface area contributed by atoms with E-state index in [0.29, 0.717) is 15.7 Å². The number of benzene rings is 2. The number of anilines is 1. The Morgan fingerprint density at radius 1 is 1.16 bits per heavy atom. The molecular formula is C14H10Br2FNO. The Morgan fingerprint density at radius 3 is 2.58 bits per heavy atom. The Bertz CT molecular complexity index is 643. The van der Waals surface area contributed by atoms with Crippen LogP contribution in [0.1, 0.15) is 15.9 Å². The maximum atomic E-state index is 13.4. The summed E-state index contributed by atoms with van der Waals surface area (Å²) in [5, 5.41) is 2.67. The summed E-state index contributed by atoms with van der Waals surface area (Å²) in [6, 6.07) is 9.84. The second kappa shape index (κ2) is 5.84. The quantitative estimate of drug-likeness (QED) is 0.780. The minimum absolute atomic E-state index is 0.263. The van der Waals surface area contributed by atoms with Crippen LogP contribution in [0.2, 0.25) is 0 Å². The molecule has 0 radical (unpaired) electrons. The van der Waals surface area contributed by atoms with Gasteiger partial charge in [0.05, 0.1) is 4.47 Å². The highest BCUT2D eigenvalue weighted by molar-refractivity contribution is 9.10. The lowest BCUT2D eigenvalue weighted by Gasteiger charge is -2.09. The smallest absolute Gasteiger partial charge is 0.255 e. The molecule has 0 unspecified atom stereocenters. The standard InChI is InChI=1S/C14H10Br2FNO/c1-8-10(3-2-4-11(8)15)14(19)18-9-5-6-12(16)13(17)7-9/h2-7H,1H3,(H,18,19). The first-order valence-corrected chi connectivity index (χ1v) is 7.09. The van der Waals surface area contributed by atoms with Crippen molar-refractivity contribution in [1.29, 1.82) is 0 Å². The molecule has 2 nitrogen and oxygen atoms in total. The molecule has 0 fully saturated rings. The van der Waals surface area contributed by atoms with Gasteiger partial charge in [0.2, 0.25) is 0 Å². The van der Waals surface area contributed by atoms with Crippen LogP contribution >= 0.6 is 31.9 Å². The monoisotopic (exact) mass is 385 g/mol. The Morgan fingerprint density at radius 2 is 1.89 bits per heavy atom. The van der Waals surface area contributed by atoms with Crippen LogP contribution < -0.4 is 5.32 Å². The fraction of sp³-hybridized carbons (Fsp3) is 0.0714. The van der Waals surface area contributed by atoms with Crippen molar-refractivity contribution in [2.75, 3.05) is 5.32 Å². The molecule has 5 heteroatoms. The molecule has 0 spiro atoms. The summed E-state index contributed by atoms with van der Waals surface area (Å²) < 4.78 is 14.6. The lowest BCUT2D eigenvalue weighted by Crippen LogP contribution is -2.13. The fourth-order valence-electron chi connectivity index (χ4n) is 1.63. The van der Waals surface area contributed by atoms with E-state index in [9.17, 15) is 9.18 Å². The van der Waals surface area contributed by atoms with Gasteiger partial charge in [-0.25, -0.2) is 4.39 Å². The molecule has 0 saturated carbocycles. The average Bonchev–Trinajstić information content (AvgIpc) is 2.37. The molecule has 19 heavy (non-hydrogen) atoms. The van der Waals surface area contributed by atoms with Gasteiger partial charge in [0.25, 0.3) is 5.91 Å². The molecule has 1 amide bonds. The molecule has 0 aromatic heterocycles. The van der Waals surface area contributed by atoms with E-state index in [1.165, 1.54) is 6.07 Å². The number of carbonyl (C=O) groups excluding carboxylic acids is 1. The summed E-state index contributed by atoms with van der Waals surface area (Å²) in [6.45, 7) is 1.85. The minimum Gasteiger partial charge on any atom is -0.322 e. The van der Waals surface area contributed by atoms with Gasteiger partial charge in [-0.05, 0) is 58.7 Å². The zero-order valence-electron chi connectivity index (χ0n) is 10.0. The summed E-state index contributed by atoms with van der Waals surface area (Å²) >= 11 is 6.44. The van der Waals surface area contributed by atoms with Gasteiger partial charge >= 0.3 is 0 Å². The summed E-state index contributed by atoms with van der Waals surface area (Å²) in [5.41, 5.74) is 1.82. The molecule has 2 aromatic rings. The molecule has 0 atom stereocenters. The fourth-order valence-corrected chi connectivity index (χ4v) is 2.24. The third-order valence-corrected chi connectivity index (χ3v) is 4.19. The van der Waals surface area contributed by atoms with E-state index in [2.05, 4.69) is 37.2 Å². The summed E-state index contributed by atoms with van der Waals surface area (Å²) in [4.78, 5) is 12.1. The third-order valence-electron chi connectivity index (χ3n) is 2.69. The molecule has 0 heterocycles. The molecule has 2 rings (SSSR count). The van der Waals surface area contributed by atoms with Crippen molar-refractivity contribution in [3.63, 3.8) is 0 Å². The molecular weight excluding hydrogens is 377 g/mol. The zero-order valence-corrected chi connectivity index (χ0v) is 13.2. The van der Waals surface area contributed by atoms with Gasteiger partial charge < -0.3 is 5.32 Å². The van der Waals surface area contributed by atoms with E-state index in [4.69, 9.17) is 0 Å². The number of nitrogens with one attached hydrogen (secondary N) is 1. The number of rotatable bonds is 2. The Labute approximate surface area is 127 Å². The molecule has 0 aliphatic rings. The molecule has 1 N–H and O–H groups in total. The van der Waals surface area contributed by atoms with Crippen molar-refractivity contribution in [3.8, 4) is 0 Å². The molecule has 2 aromatic carbocycles. The van der Waals surface area contributed by atoms with Crippen molar-refractivity contribution < 1.29 is 9.18 Å². The molecule has 98 valence electrons. The van der Waals surface area contributed by atoms with E-state index in [1.54, 1.807) is 24.3 Å². The van der Waals surface area contributed by atoms with Crippen molar-refractivity contribution in [3.05, 3.63) is 62.3 Å². The normalized spacial score (nSPS) is 10.3. The van der Waals surface area contributed by atoms with Crippen LogP contribution in [0.25, 0.3) is 0 Å². The van der Waals surface area contributed by atoms with Crippen LogP contribution in [0, 0.1) is 12.7 Å². The van der Waals surface area contributed by atoms with Crippen LogP contribution in [0.3, 0.4) is 0 Å². The van der Waals surface area contributed by atoms with E-state index >= 15 is 0 Å². The van der Waals surface area contributed by atoms with Crippen molar-refractivity contribution >= 4 is 43.5 Å². The van der Waals surface area contributed by atoms with Crippen LogP contribution in [-0.4, -0.2) is 5.91 Å². The van der Waals surface area contributed by atoms with Gasteiger partial charge in [-0.2, -0.15) is 0 Å².